The van der Waals surface area contributed by atoms with Crippen LogP contribution in [0.2, 0.25) is 0 Å². The largest absolute Gasteiger partial charge is 0.397 e. The molecule has 0 radical (unpaired) electrons. The van der Waals surface area contributed by atoms with Crippen molar-refractivity contribution in [3.8, 4) is 0 Å². The third-order valence-corrected chi connectivity index (χ3v) is 2.94. The molecule has 1 aromatic rings. The monoisotopic (exact) mass is 245 g/mol. The lowest BCUT2D eigenvalue weighted by atomic mass is 10.2. The zero-order valence-electron chi connectivity index (χ0n) is 8.84. The Morgan fingerprint density at radius 3 is 2.56 bits per heavy atom. The first kappa shape index (κ1) is 12.8. The molecule has 0 aliphatic rings. The van der Waals surface area contributed by atoms with Crippen LogP contribution in [0.5, 0.6) is 0 Å². The first-order valence-electron chi connectivity index (χ1n) is 4.64. The van der Waals surface area contributed by atoms with E-state index in [4.69, 9.17) is 16.0 Å². The van der Waals surface area contributed by atoms with Gasteiger partial charge in [0.25, 0.3) is 0 Å². The summed E-state index contributed by atoms with van der Waals surface area (Å²) in [4.78, 5) is -0.0350. The highest BCUT2D eigenvalue weighted by atomic mass is 32.2. The number of hydrogen-bond donors (Lipinski definition) is 4. The van der Waals surface area contributed by atoms with Crippen molar-refractivity contribution in [1.82, 2.24) is 0 Å². The number of rotatable bonds is 4. The average Bonchev–Trinajstić information content (AvgIpc) is 2.19. The summed E-state index contributed by atoms with van der Waals surface area (Å²) in [6.45, 7) is 1.73. The molecule has 0 aliphatic carbocycles. The van der Waals surface area contributed by atoms with Crippen LogP contribution in [0, 0.1) is 0 Å². The van der Waals surface area contributed by atoms with E-state index in [0.29, 0.717) is 5.69 Å². The standard InChI is InChI=1S/C9H15N3O3S/c1-6(5-13)12-9-3-2-7(4-8(9)10)16(11,14)15/h2-4,6,12-13H,5,10H2,1H3,(H2,11,14,15). The van der Waals surface area contributed by atoms with E-state index in [0.717, 1.165) is 0 Å². The number of aliphatic hydroxyl groups excluding tert-OH is 1. The number of nitrogens with one attached hydrogen (secondary N) is 1. The van der Waals surface area contributed by atoms with Gasteiger partial charge in [0.2, 0.25) is 10.0 Å². The third kappa shape index (κ3) is 3.09. The second-order valence-corrected chi connectivity index (χ2v) is 5.08. The van der Waals surface area contributed by atoms with E-state index >= 15 is 0 Å². The number of nitrogen functional groups attached to an aromatic ring is 1. The van der Waals surface area contributed by atoms with Gasteiger partial charge in [-0.15, -0.1) is 0 Å². The third-order valence-electron chi connectivity index (χ3n) is 2.03. The van der Waals surface area contributed by atoms with Gasteiger partial charge in [0.1, 0.15) is 0 Å². The van der Waals surface area contributed by atoms with Crippen LogP contribution in [-0.4, -0.2) is 26.2 Å². The van der Waals surface area contributed by atoms with Crippen molar-refractivity contribution in [2.75, 3.05) is 17.7 Å². The lowest BCUT2D eigenvalue weighted by molar-refractivity contribution is 0.281. The Kier molecular flexibility index (Phi) is 3.74. The second-order valence-electron chi connectivity index (χ2n) is 3.52. The molecule has 0 spiro atoms. The van der Waals surface area contributed by atoms with Gasteiger partial charge in [-0.1, -0.05) is 0 Å². The highest BCUT2D eigenvalue weighted by molar-refractivity contribution is 7.89. The van der Waals surface area contributed by atoms with Crippen LogP contribution < -0.4 is 16.2 Å². The second kappa shape index (κ2) is 4.69. The summed E-state index contributed by atoms with van der Waals surface area (Å²) >= 11 is 0. The lowest BCUT2D eigenvalue weighted by Crippen LogP contribution is -2.20. The van der Waals surface area contributed by atoms with Crippen LogP contribution in [0.15, 0.2) is 23.1 Å². The highest BCUT2D eigenvalue weighted by Crippen LogP contribution is 2.22. The van der Waals surface area contributed by atoms with Crippen LogP contribution in [0.25, 0.3) is 0 Å². The Balaban J connectivity index is 3.01. The molecule has 16 heavy (non-hydrogen) atoms. The van der Waals surface area contributed by atoms with E-state index in [-0.39, 0.29) is 23.2 Å². The van der Waals surface area contributed by atoms with Gasteiger partial charge < -0.3 is 16.2 Å². The number of nitrogens with two attached hydrogens (primary N) is 2. The van der Waals surface area contributed by atoms with Crippen molar-refractivity contribution in [3.63, 3.8) is 0 Å². The van der Waals surface area contributed by atoms with Crippen molar-refractivity contribution in [1.29, 1.82) is 0 Å². The molecule has 0 heterocycles. The Bertz CT molecular complexity index is 473. The number of sulfonamides is 1. The molecular weight excluding hydrogens is 230 g/mol. The van der Waals surface area contributed by atoms with Crippen LogP contribution >= 0.6 is 0 Å². The van der Waals surface area contributed by atoms with Crippen LogP contribution in [0.1, 0.15) is 6.92 Å². The summed E-state index contributed by atoms with van der Waals surface area (Å²) < 4.78 is 22.1. The predicted octanol–water partition coefficient (Wildman–Crippen LogP) is -0.291. The molecule has 1 aromatic carbocycles. The number of primary sulfonamides is 1. The number of hydrogen-bond acceptors (Lipinski definition) is 5. The Morgan fingerprint density at radius 2 is 2.12 bits per heavy atom. The zero-order chi connectivity index (χ0) is 12.3. The molecule has 0 fully saturated rings. The van der Waals surface area contributed by atoms with E-state index in [9.17, 15) is 8.42 Å². The maximum atomic E-state index is 11.0. The van der Waals surface area contributed by atoms with Gasteiger partial charge in [-0.3, -0.25) is 0 Å². The maximum Gasteiger partial charge on any atom is 0.238 e. The molecule has 1 rings (SSSR count). The van der Waals surface area contributed by atoms with Crippen molar-refractivity contribution in [2.24, 2.45) is 5.14 Å². The first-order chi connectivity index (χ1) is 7.34. The number of anilines is 2. The summed E-state index contributed by atoms with van der Waals surface area (Å²) in [6.07, 6.45) is 0. The molecule has 1 atom stereocenters. The molecule has 6 N–H and O–H groups in total. The van der Waals surface area contributed by atoms with Gasteiger partial charge in [0, 0.05) is 6.04 Å². The van der Waals surface area contributed by atoms with Crippen molar-refractivity contribution >= 4 is 21.4 Å². The molecule has 0 aromatic heterocycles. The summed E-state index contributed by atoms with van der Waals surface area (Å²) in [7, 11) is -3.73. The Hall–Kier alpha value is -1.31. The van der Waals surface area contributed by atoms with Gasteiger partial charge in [0.15, 0.2) is 0 Å². The zero-order valence-corrected chi connectivity index (χ0v) is 9.66. The molecule has 0 aliphatic heterocycles. The van der Waals surface area contributed by atoms with E-state index in [1.165, 1.54) is 18.2 Å². The van der Waals surface area contributed by atoms with Gasteiger partial charge >= 0.3 is 0 Å². The minimum absolute atomic E-state index is 0.0350. The summed E-state index contributed by atoms with van der Waals surface area (Å²) in [5.41, 5.74) is 6.49. The molecule has 7 heteroatoms. The molecule has 90 valence electrons. The van der Waals surface area contributed by atoms with Gasteiger partial charge in [-0.25, -0.2) is 13.6 Å². The molecule has 6 nitrogen and oxygen atoms in total. The summed E-state index contributed by atoms with van der Waals surface area (Å²) in [5, 5.41) is 16.7. The topological polar surface area (TPSA) is 118 Å². The van der Waals surface area contributed by atoms with E-state index < -0.39 is 10.0 Å². The van der Waals surface area contributed by atoms with Gasteiger partial charge in [0.05, 0.1) is 22.9 Å². The van der Waals surface area contributed by atoms with Gasteiger partial charge in [-0.2, -0.15) is 0 Å². The minimum Gasteiger partial charge on any atom is -0.397 e. The van der Waals surface area contributed by atoms with Crippen LogP contribution in [0.4, 0.5) is 11.4 Å². The fourth-order valence-electron chi connectivity index (χ4n) is 1.16. The maximum absolute atomic E-state index is 11.0. The fourth-order valence-corrected chi connectivity index (χ4v) is 1.71. The quantitative estimate of drug-likeness (QED) is 0.543. The Morgan fingerprint density at radius 1 is 1.50 bits per heavy atom. The first-order valence-corrected chi connectivity index (χ1v) is 6.19. The summed E-state index contributed by atoms with van der Waals surface area (Å²) in [5.74, 6) is 0. The van der Waals surface area contributed by atoms with Gasteiger partial charge in [-0.05, 0) is 25.1 Å². The fraction of sp³-hybridized carbons (Fsp3) is 0.333. The Labute approximate surface area is 94.3 Å². The number of benzene rings is 1. The normalized spacial score (nSPS) is 13.4. The minimum atomic E-state index is -3.73. The van der Waals surface area contributed by atoms with Crippen molar-refractivity contribution in [3.05, 3.63) is 18.2 Å². The molecule has 0 amide bonds. The highest BCUT2D eigenvalue weighted by Gasteiger charge is 2.10. The molecule has 0 bridgehead atoms. The number of aliphatic hydroxyl groups is 1. The van der Waals surface area contributed by atoms with Crippen molar-refractivity contribution < 1.29 is 13.5 Å². The molecular formula is C9H15N3O3S. The van der Waals surface area contributed by atoms with E-state index in [2.05, 4.69) is 5.32 Å². The smallest absolute Gasteiger partial charge is 0.238 e. The molecule has 1 unspecified atom stereocenters. The van der Waals surface area contributed by atoms with E-state index in [1.54, 1.807) is 6.92 Å². The van der Waals surface area contributed by atoms with Crippen LogP contribution in [-0.2, 0) is 10.0 Å². The molecule has 0 saturated heterocycles. The average molecular weight is 245 g/mol. The lowest BCUT2D eigenvalue weighted by Gasteiger charge is -2.14. The predicted molar refractivity (Wildman–Crippen MR) is 62.4 cm³/mol. The van der Waals surface area contributed by atoms with Crippen molar-refractivity contribution in [2.45, 2.75) is 17.9 Å². The van der Waals surface area contributed by atoms with Crippen LogP contribution in [0.3, 0.4) is 0 Å². The SMILES string of the molecule is CC(CO)Nc1ccc(S(N)(=O)=O)cc1N. The molecule has 0 saturated carbocycles. The summed E-state index contributed by atoms with van der Waals surface area (Å²) in [6, 6.07) is 3.99. The van der Waals surface area contributed by atoms with E-state index in [1.807, 2.05) is 0 Å².